The smallest absolute Gasteiger partial charge is 0.337 e. The van der Waals surface area contributed by atoms with E-state index in [1.165, 1.54) is 29.9 Å². The Kier molecular flexibility index (Phi) is 6.91. The van der Waals surface area contributed by atoms with Crippen molar-refractivity contribution in [1.29, 1.82) is 0 Å². The molecule has 2 aromatic carbocycles. The van der Waals surface area contributed by atoms with Crippen LogP contribution in [-0.4, -0.2) is 47.7 Å². The van der Waals surface area contributed by atoms with E-state index in [1.807, 2.05) is 38.1 Å². The van der Waals surface area contributed by atoms with Crippen molar-refractivity contribution < 1.29 is 14.3 Å². The van der Waals surface area contributed by atoms with Crippen LogP contribution in [0, 0.1) is 0 Å². The summed E-state index contributed by atoms with van der Waals surface area (Å²) in [6, 6.07) is 12.0. The van der Waals surface area contributed by atoms with Crippen molar-refractivity contribution in [2.75, 3.05) is 27.3 Å². The highest BCUT2D eigenvalue weighted by atomic mass is 16.5. The summed E-state index contributed by atoms with van der Waals surface area (Å²) >= 11 is 0. The first-order valence-electron chi connectivity index (χ1n) is 10.2. The Morgan fingerprint density at radius 3 is 2.48 bits per heavy atom. The van der Waals surface area contributed by atoms with Gasteiger partial charge >= 0.3 is 11.7 Å². The molecule has 0 aliphatic carbocycles. The second-order valence-corrected chi connectivity index (χ2v) is 7.11. The van der Waals surface area contributed by atoms with Gasteiger partial charge in [-0.1, -0.05) is 26.0 Å². The van der Waals surface area contributed by atoms with E-state index in [2.05, 4.69) is 9.88 Å². The molecule has 3 rings (SSSR count). The lowest BCUT2D eigenvalue weighted by Gasteiger charge is -2.30. The van der Waals surface area contributed by atoms with Crippen molar-refractivity contribution in [2.24, 2.45) is 0 Å². The molecule has 0 fully saturated rings. The van der Waals surface area contributed by atoms with Gasteiger partial charge in [-0.3, -0.25) is 14.3 Å². The summed E-state index contributed by atoms with van der Waals surface area (Å²) in [5.74, 6) is 0.177. The second-order valence-electron chi connectivity index (χ2n) is 7.11. The quantitative estimate of drug-likeness (QED) is 0.558. The van der Waals surface area contributed by atoms with E-state index >= 15 is 0 Å². The highest BCUT2D eigenvalue weighted by Crippen LogP contribution is 2.25. The third-order valence-electron chi connectivity index (χ3n) is 5.49. The van der Waals surface area contributed by atoms with Crippen LogP contribution in [0.25, 0.3) is 10.9 Å². The standard InChI is InChI=1S/C23H27N3O5/c1-5-25(6-2)20(15-8-7-9-17(12-15)30-3)14-26-21(27)18-11-10-16(22(28)31-4)13-19(18)24-23(26)29/h7-13,20H,5-6,14H2,1-4H3,(H,24,29). The number of nitrogens with one attached hydrogen (secondary N) is 1. The van der Waals surface area contributed by atoms with E-state index in [-0.39, 0.29) is 18.2 Å². The summed E-state index contributed by atoms with van der Waals surface area (Å²) in [7, 11) is 2.88. The molecule has 0 spiro atoms. The molecule has 31 heavy (non-hydrogen) atoms. The van der Waals surface area contributed by atoms with E-state index in [9.17, 15) is 14.4 Å². The van der Waals surface area contributed by atoms with E-state index < -0.39 is 17.2 Å². The van der Waals surface area contributed by atoms with Gasteiger partial charge in [0, 0.05) is 0 Å². The maximum absolute atomic E-state index is 13.2. The number of rotatable bonds is 8. The van der Waals surface area contributed by atoms with Gasteiger partial charge in [0.05, 0.1) is 43.3 Å². The van der Waals surface area contributed by atoms with Crippen molar-refractivity contribution in [2.45, 2.75) is 26.4 Å². The fourth-order valence-electron chi connectivity index (χ4n) is 3.78. The Morgan fingerprint density at radius 1 is 1.10 bits per heavy atom. The van der Waals surface area contributed by atoms with Gasteiger partial charge in [-0.05, 0) is 49.0 Å². The van der Waals surface area contributed by atoms with Crippen LogP contribution < -0.4 is 16.0 Å². The van der Waals surface area contributed by atoms with E-state index in [0.29, 0.717) is 16.7 Å². The monoisotopic (exact) mass is 425 g/mol. The summed E-state index contributed by atoms with van der Waals surface area (Å²) in [5.41, 5.74) is 0.584. The zero-order valence-electron chi connectivity index (χ0n) is 18.2. The summed E-state index contributed by atoms with van der Waals surface area (Å²) in [4.78, 5) is 42.7. The van der Waals surface area contributed by atoms with E-state index in [4.69, 9.17) is 9.47 Å². The lowest BCUT2D eigenvalue weighted by molar-refractivity contribution is 0.0601. The van der Waals surface area contributed by atoms with Gasteiger partial charge in [-0.25, -0.2) is 9.59 Å². The van der Waals surface area contributed by atoms with Crippen molar-refractivity contribution in [3.8, 4) is 5.75 Å². The molecule has 0 amide bonds. The third-order valence-corrected chi connectivity index (χ3v) is 5.49. The summed E-state index contributed by atoms with van der Waals surface area (Å²) < 4.78 is 11.3. The number of H-pyrrole nitrogens is 1. The molecule has 0 aliphatic heterocycles. The van der Waals surface area contributed by atoms with E-state index in [1.54, 1.807) is 7.11 Å². The SMILES string of the molecule is CCN(CC)C(Cn1c(=O)[nH]c2cc(C(=O)OC)ccc2c1=O)c1cccc(OC)c1. The third kappa shape index (κ3) is 4.54. The predicted octanol–water partition coefficient (Wildman–Crippen LogP) is 2.57. The molecule has 8 heteroatoms. The summed E-state index contributed by atoms with van der Waals surface area (Å²) in [5, 5.41) is 0.330. The van der Waals surface area contributed by atoms with Gasteiger partial charge in [0.1, 0.15) is 5.75 Å². The highest BCUT2D eigenvalue weighted by molar-refractivity contribution is 5.93. The number of carbonyl (C=O) groups is 1. The maximum Gasteiger partial charge on any atom is 0.337 e. The Labute approximate surface area is 180 Å². The minimum Gasteiger partial charge on any atom is -0.497 e. The maximum atomic E-state index is 13.2. The number of benzene rings is 2. The first kappa shape index (κ1) is 22.3. The lowest BCUT2D eigenvalue weighted by Crippen LogP contribution is -2.41. The second kappa shape index (κ2) is 9.61. The molecule has 1 unspecified atom stereocenters. The number of fused-ring (bicyclic) bond motifs is 1. The van der Waals surface area contributed by atoms with Gasteiger partial charge in [-0.15, -0.1) is 0 Å². The highest BCUT2D eigenvalue weighted by Gasteiger charge is 2.22. The van der Waals surface area contributed by atoms with Crippen LogP contribution >= 0.6 is 0 Å². The number of aromatic amines is 1. The molecule has 1 aromatic heterocycles. The Balaban J connectivity index is 2.10. The van der Waals surface area contributed by atoms with Crippen LogP contribution in [-0.2, 0) is 11.3 Å². The molecule has 1 atom stereocenters. The normalized spacial score (nSPS) is 12.2. The zero-order chi connectivity index (χ0) is 22.5. The number of ether oxygens (including phenoxy) is 2. The fraction of sp³-hybridized carbons (Fsp3) is 0.348. The Morgan fingerprint density at radius 2 is 1.84 bits per heavy atom. The number of hydrogen-bond donors (Lipinski definition) is 1. The lowest BCUT2D eigenvalue weighted by atomic mass is 10.0. The predicted molar refractivity (Wildman–Crippen MR) is 119 cm³/mol. The van der Waals surface area contributed by atoms with Gasteiger partial charge in [0.2, 0.25) is 0 Å². The topological polar surface area (TPSA) is 93.6 Å². The van der Waals surface area contributed by atoms with Crippen molar-refractivity contribution in [1.82, 2.24) is 14.5 Å². The zero-order valence-corrected chi connectivity index (χ0v) is 18.2. The number of esters is 1. The number of nitrogens with zero attached hydrogens (tertiary/aromatic N) is 2. The molecular weight excluding hydrogens is 398 g/mol. The van der Waals surface area contributed by atoms with Gasteiger partial charge < -0.3 is 14.5 Å². The average molecular weight is 425 g/mol. The van der Waals surface area contributed by atoms with Crippen LogP contribution in [0.3, 0.4) is 0 Å². The molecule has 0 saturated carbocycles. The largest absolute Gasteiger partial charge is 0.497 e. The van der Waals surface area contributed by atoms with Gasteiger partial charge in [0.25, 0.3) is 5.56 Å². The Hall–Kier alpha value is -3.39. The molecule has 164 valence electrons. The molecule has 0 bridgehead atoms. The summed E-state index contributed by atoms with van der Waals surface area (Å²) in [6.45, 7) is 5.76. The molecule has 1 heterocycles. The molecule has 0 saturated heterocycles. The van der Waals surface area contributed by atoms with Gasteiger partial charge in [0.15, 0.2) is 0 Å². The van der Waals surface area contributed by atoms with Crippen LogP contribution in [0.5, 0.6) is 5.75 Å². The van der Waals surface area contributed by atoms with Crippen molar-refractivity contribution in [3.05, 3.63) is 74.4 Å². The minimum absolute atomic E-state index is 0.178. The van der Waals surface area contributed by atoms with Crippen molar-refractivity contribution in [3.63, 3.8) is 0 Å². The fourth-order valence-corrected chi connectivity index (χ4v) is 3.78. The molecule has 1 N–H and O–H groups in total. The number of methoxy groups -OCH3 is 2. The molecule has 0 radical (unpaired) electrons. The van der Waals surface area contributed by atoms with Crippen LogP contribution in [0.1, 0.15) is 35.8 Å². The van der Waals surface area contributed by atoms with Crippen LogP contribution in [0.2, 0.25) is 0 Å². The minimum atomic E-state index is -0.536. The van der Waals surface area contributed by atoms with E-state index in [0.717, 1.165) is 18.7 Å². The number of aromatic nitrogens is 2. The van der Waals surface area contributed by atoms with Gasteiger partial charge in [-0.2, -0.15) is 0 Å². The number of hydrogen-bond acceptors (Lipinski definition) is 6. The van der Waals surface area contributed by atoms with Crippen LogP contribution in [0.15, 0.2) is 52.1 Å². The number of likely N-dealkylation sites (N-methyl/N-ethyl adjacent to an activating group) is 1. The van der Waals surface area contributed by atoms with Crippen molar-refractivity contribution >= 4 is 16.9 Å². The molecule has 3 aromatic rings. The van der Waals surface area contributed by atoms with Crippen LogP contribution in [0.4, 0.5) is 0 Å². The number of carbonyl (C=O) groups excluding carboxylic acids is 1. The first-order chi connectivity index (χ1) is 14.9. The molecule has 8 nitrogen and oxygen atoms in total. The molecular formula is C23H27N3O5. The Bertz CT molecular complexity index is 1190. The summed E-state index contributed by atoms with van der Waals surface area (Å²) in [6.07, 6.45) is 0. The average Bonchev–Trinajstić information content (AvgIpc) is 2.80. The first-order valence-corrected chi connectivity index (χ1v) is 10.2. The molecule has 0 aliphatic rings.